The smallest absolute Gasteiger partial charge is 0.410 e. The number of nitrogens with zero attached hydrogens (tertiary/aromatic N) is 2. The Kier molecular flexibility index (Phi) is 4.25. The lowest BCUT2D eigenvalue weighted by Crippen LogP contribution is -2.35. The van der Waals surface area contributed by atoms with Crippen molar-refractivity contribution in [2.45, 2.75) is 32.8 Å². The van der Waals surface area contributed by atoms with Gasteiger partial charge in [-0.1, -0.05) is 6.08 Å². The van der Waals surface area contributed by atoms with Gasteiger partial charge in [0.2, 0.25) is 0 Å². The Morgan fingerprint density at radius 2 is 2.14 bits per heavy atom. The number of ether oxygens (including phenoxy) is 1. The molecule has 21 heavy (non-hydrogen) atoms. The molecule has 0 fully saturated rings. The van der Waals surface area contributed by atoms with Gasteiger partial charge < -0.3 is 9.64 Å². The maximum absolute atomic E-state index is 13.0. The standard InChI is InChI=1S/C15H18F2N2O2/c1-15(2,3)21-14(20)19-8-6-10(9-19)12-11(13(16)17)5-4-7-18-12/h4-7,13H,8-9H2,1-3H3. The van der Waals surface area contributed by atoms with Crippen LogP contribution >= 0.6 is 0 Å². The van der Waals surface area contributed by atoms with Crippen LogP contribution < -0.4 is 0 Å². The number of hydrogen-bond donors (Lipinski definition) is 0. The van der Waals surface area contributed by atoms with Gasteiger partial charge >= 0.3 is 6.09 Å². The van der Waals surface area contributed by atoms with Crippen LogP contribution in [0, 0.1) is 0 Å². The summed E-state index contributed by atoms with van der Waals surface area (Å²) in [4.78, 5) is 17.4. The van der Waals surface area contributed by atoms with Crippen LogP contribution in [0.3, 0.4) is 0 Å². The zero-order valence-corrected chi connectivity index (χ0v) is 12.3. The topological polar surface area (TPSA) is 42.4 Å². The van der Waals surface area contributed by atoms with E-state index < -0.39 is 18.1 Å². The fourth-order valence-corrected chi connectivity index (χ4v) is 2.05. The van der Waals surface area contributed by atoms with Crippen molar-refractivity contribution < 1.29 is 18.3 Å². The van der Waals surface area contributed by atoms with Crippen molar-refractivity contribution in [3.05, 3.63) is 35.7 Å². The molecule has 0 aromatic carbocycles. The summed E-state index contributed by atoms with van der Waals surface area (Å²) >= 11 is 0. The van der Waals surface area contributed by atoms with Crippen molar-refractivity contribution in [1.29, 1.82) is 0 Å². The van der Waals surface area contributed by atoms with Crippen LogP contribution in [-0.4, -0.2) is 34.7 Å². The molecule has 0 saturated heterocycles. The highest BCUT2D eigenvalue weighted by Crippen LogP contribution is 2.29. The van der Waals surface area contributed by atoms with E-state index in [2.05, 4.69) is 4.98 Å². The molecule has 1 aromatic heterocycles. The van der Waals surface area contributed by atoms with E-state index in [1.165, 1.54) is 23.2 Å². The third kappa shape index (κ3) is 3.77. The summed E-state index contributed by atoms with van der Waals surface area (Å²) in [6.07, 6.45) is 0.157. The molecular weight excluding hydrogens is 278 g/mol. The normalized spacial score (nSPS) is 15.3. The molecule has 114 valence electrons. The predicted molar refractivity (Wildman–Crippen MR) is 75.0 cm³/mol. The largest absolute Gasteiger partial charge is 0.444 e. The summed E-state index contributed by atoms with van der Waals surface area (Å²) < 4.78 is 31.2. The number of carbonyl (C=O) groups is 1. The Morgan fingerprint density at radius 3 is 2.76 bits per heavy atom. The van der Waals surface area contributed by atoms with Crippen LogP contribution in [0.15, 0.2) is 24.4 Å². The fraction of sp³-hybridized carbons (Fsp3) is 0.467. The molecule has 0 saturated carbocycles. The second kappa shape index (κ2) is 5.79. The average molecular weight is 296 g/mol. The zero-order valence-electron chi connectivity index (χ0n) is 12.3. The van der Waals surface area contributed by atoms with Gasteiger partial charge in [-0.15, -0.1) is 0 Å². The third-order valence-electron chi connectivity index (χ3n) is 2.95. The molecule has 1 aliphatic rings. The van der Waals surface area contributed by atoms with E-state index in [0.29, 0.717) is 12.1 Å². The Hall–Kier alpha value is -1.98. The van der Waals surface area contributed by atoms with Crippen LogP contribution in [0.1, 0.15) is 38.5 Å². The maximum atomic E-state index is 13.0. The first kappa shape index (κ1) is 15.4. The lowest BCUT2D eigenvalue weighted by molar-refractivity contribution is 0.0306. The lowest BCUT2D eigenvalue weighted by atomic mass is 10.1. The minimum atomic E-state index is -2.59. The SMILES string of the molecule is CC(C)(C)OC(=O)N1CC=C(c2ncccc2C(F)F)C1. The summed E-state index contributed by atoms with van der Waals surface area (Å²) in [5.74, 6) is 0. The van der Waals surface area contributed by atoms with E-state index in [9.17, 15) is 13.6 Å². The number of alkyl halides is 2. The van der Waals surface area contributed by atoms with Gasteiger partial charge in [-0.05, 0) is 38.5 Å². The van der Waals surface area contributed by atoms with E-state index in [1.54, 1.807) is 26.8 Å². The van der Waals surface area contributed by atoms with Gasteiger partial charge in [0.25, 0.3) is 6.43 Å². The van der Waals surface area contributed by atoms with Gasteiger partial charge in [0, 0.05) is 18.3 Å². The summed E-state index contributed by atoms with van der Waals surface area (Å²) in [6, 6.07) is 2.83. The van der Waals surface area contributed by atoms with Crippen LogP contribution in [0.4, 0.5) is 13.6 Å². The van der Waals surface area contributed by atoms with Gasteiger partial charge in [-0.3, -0.25) is 4.98 Å². The maximum Gasteiger partial charge on any atom is 0.410 e. The molecule has 1 amide bonds. The minimum Gasteiger partial charge on any atom is -0.444 e. The van der Waals surface area contributed by atoms with Gasteiger partial charge in [-0.2, -0.15) is 0 Å². The second-order valence-corrected chi connectivity index (χ2v) is 5.83. The quantitative estimate of drug-likeness (QED) is 0.836. The predicted octanol–water partition coefficient (Wildman–Crippen LogP) is 3.65. The molecule has 1 aromatic rings. The Labute approximate surface area is 122 Å². The molecule has 2 heterocycles. The van der Waals surface area contributed by atoms with E-state index in [4.69, 9.17) is 4.74 Å². The summed E-state index contributed by atoms with van der Waals surface area (Å²) in [6.45, 7) is 5.91. The molecule has 0 aliphatic carbocycles. The highest BCUT2D eigenvalue weighted by molar-refractivity contribution is 5.77. The Bertz CT molecular complexity index is 565. The van der Waals surface area contributed by atoms with Gasteiger partial charge in [-0.25, -0.2) is 13.6 Å². The van der Waals surface area contributed by atoms with Crippen molar-refractivity contribution in [3.63, 3.8) is 0 Å². The number of carbonyl (C=O) groups excluding carboxylic acids is 1. The molecule has 0 atom stereocenters. The van der Waals surface area contributed by atoms with Crippen molar-refractivity contribution >= 4 is 11.7 Å². The molecule has 1 aliphatic heterocycles. The number of aromatic nitrogens is 1. The molecule has 0 bridgehead atoms. The van der Waals surface area contributed by atoms with Crippen LogP contribution in [0.25, 0.3) is 5.57 Å². The molecule has 4 nitrogen and oxygen atoms in total. The highest BCUT2D eigenvalue weighted by Gasteiger charge is 2.27. The van der Waals surface area contributed by atoms with Crippen LogP contribution in [0.2, 0.25) is 0 Å². The zero-order chi connectivity index (χ0) is 15.6. The van der Waals surface area contributed by atoms with Crippen LogP contribution in [0.5, 0.6) is 0 Å². The summed E-state index contributed by atoms with van der Waals surface area (Å²) in [5, 5.41) is 0. The first-order valence-electron chi connectivity index (χ1n) is 6.68. The Balaban J connectivity index is 2.11. The van der Waals surface area contributed by atoms with Gasteiger partial charge in [0.1, 0.15) is 5.60 Å². The van der Waals surface area contributed by atoms with Crippen molar-refractivity contribution in [2.75, 3.05) is 13.1 Å². The molecule has 2 rings (SSSR count). The highest BCUT2D eigenvalue weighted by atomic mass is 19.3. The van der Waals surface area contributed by atoms with E-state index in [-0.39, 0.29) is 17.8 Å². The number of hydrogen-bond acceptors (Lipinski definition) is 3. The second-order valence-electron chi connectivity index (χ2n) is 5.83. The molecule has 0 spiro atoms. The van der Waals surface area contributed by atoms with E-state index in [0.717, 1.165) is 0 Å². The van der Waals surface area contributed by atoms with Gasteiger partial charge in [0.05, 0.1) is 12.2 Å². The number of pyridine rings is 1. The lowest BCUT2D eigenvalue weighted by Gasteiger charge is -2.24. The summed E-state index contributed by atoms with van der Waals surface area (Å²) in [5.41, 5.74) is 0.170. The molecule has 6 heteroatoms. The van der Waals surface area contributed by atoms with Crippen LogP contribution in [-0.2, 0) is 4.74 Å². The average Bonchev–Trinajstić information content (AvgIpc) is 2.86. The molecule has 0 N–H and O–H groups in total. The van der Waals surface area contributed by atoms with Crippen molar-refractivity contribution in [1.82, 2.24) is 9.88 Å². The first-order valence-corrected chi connectivity index (χ1v) is 6.68. The van der Waals surface area contributed by atoms with E-state index in [1.807, 2.05) is 0 Å². The first-order chi connectivity index (χ1) is 9.78. The van der Waals surface area contributed by atoms with Crippen molar-refractivity contribution in [3.8, 4) is 0 Å². The monoisotopic (exact) mass is 296 g/mol. The van der Waals surface area contributed by atoms with Crippen molar-refractivity contribution in [2.24, 2.45) is 0 Å². The molecule has 0 unspecified atom stereocenters. The number of rotatable bonds is 2. The molecular formula is C15H18F2N2O2. The number of amides is 1. The minimum absolute atomic E-state index is 0.116. The fourth-order valence-electron chi connectivity index (χ4n) is 2.05. The third-order valence-corrected chi connectivity index (χ3v) is 2.95. The summed E-state index contributed by atoms with van der Waals surface area (Å²) in [7, 11) is 0. The van der Waals surface area contributed by atoms with E-state index >= 15 is 0 Å². The number of halogens is 2. The van der Waals surface area contributed by atoms with Gasteiger partial charge in [0.15, 0.2) is 0 Å². The Morgan fingerprint density at radius 1 is 1.43 bits per heavy atom. The molecule has 0 radical (unpaired) electrons.